The highest BCUT2D eigenvalue weighted by atomic mass is 32.1. The van der Waals surface area contributed by atoms with E-state index in [2.05, 4.69) is 4.98 Å². The van der Waals surface area contributed by atoms with Gasteiger partial charge in [-0.2, -0.15) is 5.26 Å². The number of nitrogens with zero attached hydrogens (tertiary/aromatic N) is 3. The maximum Gasteiger partial charge on any atom is 0.309 e. The molecule has 136 valence electrons. The topological polar surface area (TPSA) is 85.0 Å². The van der Waals surface area contributed by atoms with Crippen molar-refractivity contribution in [2.45, 2.75) is 26.5 Å². The largest absolute Gasteiger partial charge is 0.457 e. The summed E-state index contributed by atoms with van der Waals surface area (Å²) in [6.07, 6.45) is 0.835. The molecule has 4 rings (SSSR count). The van der Waals surface area contributed by atoms with Gasteiger partial charge >= 0.3 is 5.97 Å². The van der Waals surface area contributed by atoms with E-state index in [4.69, 9.17) is 10.00 Å². The molecule has 0 unspecified atom stereocenters. The van der Waals surface area contributed by atoms with Gasteiger partial charge in [-0.05, 0) is 17.9 Å². The zero-order chi connectivity index (χ0) is 19.0. The fraction of sp³-hybridized carbons (Fsp3) is 0.300. The van der Waals surface area contributed by atoms with Gasteiger partial charge in [-0.25, -0.2) is 4.98 Å². The first-order chi connectivity index (χ1) is 13.1. The molecule has 0 radical (unpaired) electrons. The second-order valence-electron chi connectivity index (χ2n) is 6.70. The number of thiophene rings is 1. The van der Waals surface area contributed by atoms with Gasteiger partial charge in [0, 0.05) is 10.9 Å². The molecule has 0 spiro atoms. The molecule has 0 N–H and O–H groups in total. The average Bonchev–Trinajstić information content (AvgIpc) is 3.26. The zero-order valence-electron chi connectivity index (χ0n) is 14.7. The van der Waals surface area contributed by atoms with Crippen molar-refractivity contribution < 1.29 is 9.53 Å². The Kier molecular flexibility index (Phi) is 4.50. The maximum absolute atomic E-state index is 13.1. The minimum absolute atomic E-state index is 0.0590. The van der Waals surface area contributed by atoms with E-state index in [9.17, 15) is 9.59 Å². The van der Waals surface area contributed by atoms with Crippen molar-refractivity contribution in [3.8, 4) is 17.2 Å². The average molecular weight is 379 g/mol. The lowest BCUT2D eigenvalue weighted by Gasteiger charge is -2.10. The van der Waals surface area contributed by atoms with Crippen LogP contribution in [-0.4, -0.2) is 15.5 Å². The van der Waals surface area contributed by atoms with Crippen molar-refractivity contribution in [3.05, 3.63) is 51.9 Å². The molecule has 27 heavy (non-hydrogen) atoms. The maximum atomic E-state index is 13.1. The number of ether oxygens (including phenoxy) is 1. The number of hydrogen-bond acceptors (Lipinski definition) is 6. The smallest absolute Gasteiger partial charge is 0.309 e. The van der Waals surface area contributed by atoms with Crippen LogP contribution in [0.25, 0.3) is 21.3 Å². The summed E-state index contributed by atoms with van der Waals surface area (Å²) >= 11 is 1.37. The Morgan fingerprint density at radius 1 is 1.41 bits per heavy atom. The molecular weight excluding hydrogens is 362 g/mol. The van der Waals surface area contributed by atoms with E-state index in [0.29, 0.717) is 22.0 Å². The lowest BCUT2D eigenvalue weighted by atomic mass is 10.1. The Bertz CT molecular complexity index is 1110. The monoisotopic (exact) mass is 379 g/mol. The predicted octanol–water partition coefficient (Wildman–Crippen LogP) is 3.35. The van der Waals surface area contributed by atoms with Gasteiger partial charge < -0.3 is 4.74 Å². The van der Waals surface area contributed by atoms with Crippen molar-refractivity contribution in [3.63, 3.8) is 0 Å². The van der Waals surface area contributed by atoms with Crippen molar-refractivity contribution in [2.24, 2.45) is 11.8 Å². The fourth-order valence-electron chi connectivity index (χ4n) is 3.13. The second kappa shape index (κ2) is 6.97. The number of rotatable bonds is 5. The van der Waals surface area contributed by atoms with Gasteiger partial charge in [0.25, 0.3) is 5.56 Å². The number of aromatic nitrogens is 2. The highest BCUT2D eigenvalue weighted by molar-refractivity contribution is 7.17. The van der Waals surface area contributed by atoms with Crippen LogP contribution in [-0.2, 0) is 22.7 Å². The minimum Gasteiger partial charge on any atom is -0.457 e. The summed E-state index contributed by atoms with van der Waals surface area (Å²) in [4.78, 5) is 30.2. The summed E-state index contributed by atoms with van der Waals surface area (Å²) in [6.45, 7) is 1.75. The lowest BCUT2D eigenvalue weighted by molar-refractivity contribution is -0.147. The molecular formula is C20H17N3O3S. The second-order valence-corrected chi connectivity index (χ2v) is 7.56. The van der Waals surface area contributed by atoms with Gasteiger partial charge in [0.15, 0.2) is 5.82 Å². The number of esters is 1. The third-order valence-corrected chi connectivity index (χ3v) is 5.71. The molecule has 0 aliphatic heterocycles. The van der Waals surface area contributed by atoms with Crippen LogP contribution in [0.5, 0.6) is 0 Å². The van der Waals surface area contributed by atoms with Crippen LogP contribution in [0.2, 0.25) is 0 Å². The van der Waals surface area contributed by atoms with E-state index in [-0.39, 0.29) is 30.6 Å². The Hall–Kier alpha value is -2.98. The quantitative estimate of drug-likeness (QED) is 0.635. The van der Waals surface area contributed by atoms with Gasteiger partial charge in [0.1, 0.15) is 18.0 Å². The van der Waals surface area contributed by atoms with Gasteiger partial charge in [-0.3, -0.25) is 14.2 Å². The van der Waals surface area contributed by atoms with Crippen LogP contribution in [0, 0.1) is 23.2 Å². The summed E-state index contributed by atoms with van der Waals surface area (Å²) in [7, 11) is 0. The summed E-state index contributed by atoms with van der Waals surface area (Å²) in [5.74, 6) is 0.324. The Balaban J connectivity index is 1.74. The molecule has 2 aromatic heterocycles. The number of hydrogen-bond donors (Lipinski definition) is 0. The molecule has 1 aliphatic rings. The molecule has 1 aliphatic carbocycles. The third-order valence-electron chi connectivity index (χ3n) is 4.84. The summed E-state index contributed by atoms with van der Waals surface area (Å²) < 4.78 is 6.64. The van der Waals surface area contributed by atoms with Crippen LogP contribution in [0.4, 0.5) is 0 Å². The lowest BCUT2D eigenvalue weighted by Crippen LogP contribution is -2.26. The normalized spacial score (nSPS) is 18.2. The zero-order valence-corrected chi connectivity index (χ0v) is 15.5. The molecule has 0 bridgehead atoms. The number of nitriles is 1. The fourth-order valence-corrected chi connectivity index (χ4v) is 4.09. The molecule has 6 nitrogen and oxygen atoms in total. The molecule has 1 fully saturated rings. The van der Waals surface area contributed by atoms with E-state index in [1.165, 1.54) is 15.9 Å². The van der Waals surface area contributed by atoms with Crippen LogP contribution < -0.4 is 5.56 Å². The van der Waals surface area contributed by atoms with E-state index in [1.54, 1.807) is 0 Å². The van der Waals surface area contributed by atoms with Crippen molar-refractivity contribution in [2.75, 3.05) is 0 Å². The summed E-state index contributed by atoms with van der Waals surface area (Å²) in [6, 6.07) is 11.6. The molecule has 0 saturated heterocycles. The van der Waals surface area contributed by atoms with Gasteiger partial charge in [-0.15, -0.1) is 11.3 Å². The molecule has 2 atom stereocenters. The minimum atomic E-state index is -0.285. The van der Waals surface area contributed by atoms with Gasteiger partial charge in [0.05, 0.1) is 17.4 Å². The summed E-state index contributed by atoms with van der Waals surface area (Å²) in [5.41, 5.74) is 1.44. The molecule has 2 heterocycles. The number of benzene rings is 1. The van der Waals surface area contributed by atoms with Crippen molar-refractivity contribution in [1.29, 1.82) is 5.26 Å². The number of carbonyl (C=O) groups excluding carboxylic acids is 1. The number of fused-ring (bicyclic) bond motifs is 1. The first-order valence-corrected chi connectivity index (χ1v) is 9.58. The first-order valence-electron chi connectivity index (χ1n) is 8.70. The Morgan fingerprint density at radius 2 is 2.15 bits per heavy atom. The third kappa shape index (κ3) is 3.24. The van der Waals surface area contributed by atoms with E-state index < -0.39 is 0 Å². The van der Waals surface area contributed by atoms with E-state index in [1.807, 2.05) is 48.7 Å². The van der Waals surface area contributed by atoms with Crippen molar-refractivity contribution in [1.82, 2.24) is 9.55 Å². The first kappa shape index (κ1) is 17.4. The van der Waals surface area contributed by atoms with Crippen LogP contribution >= 0.6 is 11.3 Å². The van der Waals surface area contributed by atoms with Gasteiger partial charge in [-0.1, -0.05) is 37.3 Å². The molecule has 3 aromatic rings. The summed E-state index contributed by atoms with van der Waals surface area (Å²) in [5, 5.41) is 11.5. The molecule has 1 aromatic carbocycles. The van der Waals surface area contributed by atoms with Gasteiger partial charge in [0.2, 0.25) is 0 Å². The highest BCUT2D eigenvalue weighted by Crippen LogP contribution is 2.38. The molecule has 1 saturated carbocycles. The Labute approximate surface area is 159 Å². The van der Waals surface area contributed by atoms with Crippen LogP contribution in [0.3, 0.4) is 0 Å². The van der Waals surface area contributed by atoms with E-state index >= 15 is 0 Å². The van der Waals surface area contributed by atoms with Crippen molar-refractivity contribution >= 4 is 27.5 Å². The highest BCUT2D eigenvalue weighted by Gasteiger charge is 2.40. The standard InChI is InChI=1S/C20H17N3O3S/c1-12-9-14(12)20(25)26-10-16-22-18-17(19(24)23(16)8-7-21)15(11-27-18)13-5-3-2-4-6-13/h2-6,11-12,14H,8-10H2,1H3/t12-,14+/m0/s1. The van der Waals surface area contributed by atoms with E-state index in [0.717, 1.165) is 17.5 Å². The predicted molar refractivity (Wildman–Crippen MR) is 102 cm³/mol. The molecule has 0 amide bonds. The van der Waals surface area contributed by atoms with Crippen LogP contribution in [0.15, 0.2) is 40.5 Å². The number of carbonyl (C=O) groups is 1. The SMILES string of the molecule is C[C@H]1C[C@H]1C(=O)OCc1nc2scc(-c3ccccc3)c2c(=O)n1CC#N. The molecule has 7 heteroatoms. The Morgan fingerprint density at radius 3 is 2.81 bits per heavy atom. The van der Waals surface area contributed by atoms with Crippen LogP contribution in [0.1, 0.15) is 19.2 Å².